The van der Waals surface area contributed by atoms with Crippen LogP contribution in [0, 0.1) is 0 Å². The number of aldehydes is 1. The van der Waals surface area contributed by atoms with Crippen LogP contribution in [0.5, 0.6) is 0 Å². The lowest BCUT2D eigenvalue weighted by Gasteiger charge is -2.06. The zero-order valence-electron chi connectivity index (χ0n) is 14.0. The zero-order chi connectivity index (χ0) is 20.5. The van der Waals surface area contributed by atoms with E-state index in [4.69, 9.17) is 0 Å². The number of aromatic nitrogens is 5. The predicted molar refractivity (Wildman–Crippen MR) is 91.0 cm³/mol. The number of halogens is 3. The number of carbonyl (C=O) groups is 1. The van der Waals surface area contributed by atoms with Crippen molar-refractivity contribution in [3.8, 4) is 5.82 Å². The summed E-state index contributed by atoms with van der Waals surface area (Å²) in [6.07, 6.45) is -0.101. The molecule has 28 heavy (non-hydrogen) atoms. The normalized spacial score (nSPS) is 12.1. The van der Waals surface area contributed by atoms with E-state index in [2.05, 4.69) is 20.1 Å². The Hall–Kier alpha value is -2.80. The second-order valence-corrected chi connectivity index (χ2v) is 8.32. The molecule has 3 heterocycles. The van der Waals surface area contributed by atoms with Gasteiger partial charge in [-0.25, -0.2) is 28.1 Å². The van der Waals surface area contributed by atoms with Gasteiger partial charge in [0.2, 0.25) is 0 Å². The van der Waals surface area contributed by atoms with Crippen LogP contribution in [0.2, 0.25) is 0 Å². The Morgan fingerprint density at radius 2 is 1.82 bits per heavy atom. The van der Waals surface area contributed by atoms with Crippen molar-refractivity contribution < 1.29 is 26.4 Å². The fourth-order valence-electron chi connectivity index (χ4n) is 2.13. The number of alkyl halides is 3. The van der Waals surface area contributed by atoms with Gasteiger partial charge in [-0.05, 0) is 30.0 Å². The molecule has 0 aliphatic rings. The van der Waals surface area contributed by atoms with Gasteiger partial charge in [-0.3, -0.25) is 4.79 Å². The maximum Gasteiger partial charge on any atom is 0.435 e. The van der Waals surface area contributed by atoms with Gasteiger partial charge >= 0.3 is 6.18 Å². The van der Waals surface area contributed by atoms with Gasteiger partial charge < -0.3 is 0 Å². The molecule has 0 amide bonds. The molecule has 0 aliphatic heterocycles. The first-order valence-corrected chi connectivity index (χ1v) is 10.1. The van der Waals surface area contributed by atoms with E-state index in [9.17, 15) is 26.4 Å². The van der Waals surface area contributed by atoms with Crippen LogP contribution in [0.1, 0.15) is 16.1 Å². The van der Waals surface area contributed by atoms with Crippen LogP contribution in [0.3, 0.4) is 0 Å². The number of nitrogens with zero attached hydrogens (tertiary/aromatic N) is 5. The van der Waals surface area contributed by atoms with Gasteiger partial charge in [0, 0.05) is 24.8 Å². The number of rotatable bonds is 5. The smallest absolute Gasteiger partial charge is 0.298 e. The monoisotopic (exact) mass is 429 g/mol. The van der Waals surface area contributed by atoms with Gasteiger partial charge in [0.1, 0.15) is 5.03 Å². The Morgan fingerprint density at radius 3 is 2.32 bits per heavy atom. The molecule has 0 bridgehead atoms. The van der Waals surface area contributed by atoms with Gasteiger partial charge in [-0.1, -0.05) is 0 Å². The average Bonchev–Trinajstić information content (AvgIpc) is 3.00. The number of carbonyl (C=O) groups excluding carboxylic acids is 1. The molecule has 8 nitrogen and oxygen atoms in total. The Balaban J connectivity index is 2.19. The molecule has 0 aliphatic carbocycles. The first-order chi connectivity index (χ1) is 13.1. The molecule has 0 aromatic carbocycles. The summed E-state index contributed by atoms with van der Waals surface area (Å²) in [7, 11) is -3.54. The van der Waals surface area contributed by atoms with E-state index < -0.39 is 27.3 Å². The van der Waals surface area contributed by atoms with Crippen molar-refractivity contribution in [2.24, 2.45) is 0 Å². The first-order valence-electron chi connectivity index (χ1n) is 7.38. The highest BCUT2D eigenvalue weighted by Gasteiger charge is 2.40. The Bertz CT molecular complexity index is 1110. The predicted octanol–water partition coefficient (Wildman–Crippen LogP) is 2.44. The van der Waals surface area contributed by atoms with Gasteiger partial charge in [0.05, 0.1) is 10.5 Å². The Labute approximate surface area is 160 Å². The molecule has 0 atom stereocenters. The highest BCUT2D eigenvalue weighted by molar-refractivity contribution is 7.99. The number of sulfone groups is 1. The number of hydrogen-bond acceptors (Lipinski definition) is 8. The van der Waals surface area contributed by atoms with E-state index >= 15 is 0 Å². The summed E-state index contributed by atoms with van der Waals surface area (Å²) in [5, 5.41) is 3.37. The fourth-order valence-corrected chi connectivity index (χ4v) is 3.56. The summed E-state index contributed by atoms with van der Waals surface area (Å²) in [6.45, 7) is 0. The van der Waals surface area contributed by atoms with E-state index in [0.717, 1.165) is 17.1 Å². The number of hydrogen-bond donors (Lipinski definition) is 0. The molecule has 0 fully saturated rings. The van der Waals surface area contributed by atoms with Crippen molar-refractivity contribution in [3.63, 3.8) is 0 Å². The minimum Gasteiger partial charge on any atom is -0.298 e. The third-order valence-corrected chi connectivity index (χ3v) is 5.44. The van der Waals surface area contributed by atoms with Crippen LogP contribution in [0.4, 0.5) is 13.2 Å². The van der Waals surface area contributed by atoms with Crippen molar-refractivity contribution >= 4 is 27.9 Å². The fraction of sp³-hybridized carbons (Fsp3) is 0.133. The number of pyridine rings is 1. The van der Waals surface area contributed by atoms with Gasteiger partial charge in [0.25, 0.3) is 0 Å². The quantitative estimate of drug-likeness (QED) is 0.450. The van der Waals surface area contributed by atoms with Crippen molar-refractivity contribution in [1.82, 2.24) is 24.7 Å². The summed E-state index contributed by atoms with van der Waals surface area (Å²) in [5.74, 6) is -0.107. The average molecular weight is 429 g/mol. The first kappa shape index (κ1) is 19.9. The molecule has 146 valence electrons. The van der Waals surface area contributed by atoms with Crippen LogP contribution in [-0.4, -0.2) is 45.7 Å². The van der Waals surface area contributed by atoms with Crippen LogP contribution in [0.15, 0.2) is 51.9 Å². The summed E-state index contributed by atoms with van der Waals surface area (Å²) >= 11 is 0.696. The summed E-state index contributed by atoms with van der Waals surface area (Å²) < 4.78 is 63.9. The maximum absolute atomic E-state index is 13.3. The molecular formula is C15H10F3N5O3S2. The molecule has 0 unspecified atom stereocenters. The minimum atomic E-state index is -4.89. The van der Waals surface area contributed by atoms with Crippen molar-refractivity contribution in [1.29, 1.82) is 0 Å². The lowest BCUT2D eigenvalue weighted by atomic mass is 10.2. The second-order valence-electron chi connectivity index (χ2n) is 5.35. The van der Waals surface area contributed by atoms with E-state index in [1.807, 2.05) is 0 Å². The highest BCUT2D eigenvalue weighted by Crippen LogP contribution is 2.37. The second kappa shape index (κ2) is 7.31. The van der Waals surface area contributed by atoms with E-state index in [1.165, 1.54) is 30.6 Å². The SMILES string of the molecule is CS(=O)(=O)c1ccc(-n2nc(C(F)(F)F)c(C=O)c2Sc2ncccn2)nc1. The minimum absolute atomic E-state index is 0.0441. The van der Waals surface area contributed by atoms with Crippen LogP contribution in [0.25, 0.3) is 5.82 Å². The van der Waals surface area contributed by atoms with Crippen molar-refractivity contribution in [3.05, 3.63) is 48.0 Å². The van der Waals surface area contributed by atoms with Gasteiger partial charge in [0.15, 0.2) is 32.8 Å². The lowest BCUT2D eigenvalue weighted by Crippen LogP contribution is -2.10. The van der Waals surface area contributed by atoms with Crippen LogP contribution < -0.4 is 0 Å². The summed E-state index contributed by atoms with van der Waals surface area (Å²) in [5.41, 5.74) is -2.09. The highest BCUT2D eigenvalue weighted by atomic mass is 32.2. The van der Waals surface area contributed by atoms with E-state index in [-0.39, 0.29) is 27.2 Å². The Kier molecular flexibility index (Phi) is 5.21. The zero-order valence-corrected chi connectivity index (χ0v) is 15.6. The van der Waals surface area contributed by atoms with E-state index in [0.29, 0.717) is 11.8 Å². The molecule has 0 saturated heterocycles. The standard InChI is InChI=1S/C15H10F3N5O3S2/c1-28(25,26)9-3-4-11(21-7-9)23-13(27-14-19-5-2-6-20-14)10(8-24)12(22-23)15(16,17)18/h2-8H,1H3. The third-order valence-electron chi connectivity index (χ3n) is 3.36. The molecule has 0 N–H and O–H groups in total. The maximum atomic E-state index is 13.3. The molecule has 0 saturated carbocycles. The Morgan fingerprint density at radius 1 is 1.14 bits per heavy atom. The molecule has 13 heteroatoms. The molecule has 3 aromatic heterocycles. The summed E-state index contributed by atoms with van der Waals surface area (Å²) in [4.78, 5) is 23.0. The molecule has 3 rings (SSSR count). The summed E-state index contributed by atoms with van der Waals surface area (Å²) in [6, 6.07) is 3.89. The lowest BCUT2D eigenvalue weighted by molar-refractivity contribution is -0.141. The van der Waals surface area contributed by atoms with Gasteiger partial charge in [-0.15, -0.1) is 0 Å². The van der Waals surface area contributed by atoms with E-state index in [1.54, 1.807) is 0 Å². The topological polar surface area (TPSA) is 108 Å². The van der Waals surface area contributed by atoms with Gasteiger partial charge in [-0.2, -0.15) is 18.3 Å². The third kappa shape index (κ3) is 4.04. The molecule has 3 aromatic rings. The molecular weight excluding hydrogens is 419 g/mol. The molecule has 0 spiro atoms. The molecule has 0 radical (unpaired) electrons. The van der Waals surface area contributed by atoms with Crippen molar-refractivity contribution in [2.45, 2.75) is 21.3 Å². The van der Waals surface area contributed by atoms with Crippen LogP contribution in [-0.2, 0) is 16.0 Å². The van der Waals surface area contributed by atoms with Crippen molar-refractivity contribution in [2.75, 3.05) is 6.26 Å². The largest absolute Gasteiger partial charge is 0.435 e. The van der Waals surface area contributed by atoms with Crippen LogP contribution >= 0.6 is 11.8 Å².